The van der Waals surface area contributed by atoms with E-state index in [1.165, 1.54) is 5.69 Å². The molecule has 0 aromatic heterocycles. The summed E-state index contributed by atoms with van der Waals surface area (Å²) in [4.78, 5) is 17.1. The largest absolute Gasteiger partial charge is 0.365 e. The number of piperazine rings is 1. The van der Waals surface area contributed by atoms with Gasteiger partial charge in [0.15, 0.2) is 0 Å². The summed E-state index contributed by atoms with van der Waals surface area (Å²) in [5.74, 6) is 0.151. The Morgan fingerprint density at radius 2 is 1.68 bits per heavy atom. The summed E-state index contributed by atoms with van der Waals surface area (Å²) in [6, 6.07) is 18.6. The summed E-state index contributed by atoms with van der Waals surface area (Å²) in [6.07, 6.45) is 0. The number of hydrogen-bond donors (Lipinski definition) is 0. The van der Waals surface area contributed by atoms with Crippen LogP contribution in [-0.4, -0.2) is 36.5 Å². The first-order chi connectivity index (χ1) is 10.7. The number of aryl methyl sites for hydroxylation is 1. The summed E-state index contributed by atoms with van der Waals surface area (Å²) in [5, 5.41) is 0. The van der Waals surface area contributed by atoms with Crippen LogP contribution in [0.25, 0.3) is 0 Å². The molecular weight excluding hydrogens is 272 g/mol. The van der Waals surface area contributed by atoms with Crippen LogP contribution in [0, 0.1) is 6.92 Å². The van der Waals surface area contributed by atoms with Crippen LogP contribution in [0.1, 0.15) is 22.8 Å². The lowest BCUT2D eigenvalue weighted by molar-refractivity contribution is 0.0725. The smallest absolute Gasteiger partial charge is 0.254 e. The molecule has 1 aliphatic heterocycles. The predicted molar refractivity (Wildman–Crippen MR) is 90.3 cm³/mol. The number of rotatable bonds is 2. The van der Waals surface area contributed by atoms with Crippen LogP contribution in [-0.2, 0) is 0 Å². The zero-order chi connectivity index (χ0) is 15.5. The molecule has 3 nitrogen and oxygen atoms in total. The topological polar surface area (TPSA) is 23.6 Å². The molecule has 3 rings (SSSR count). The van der Waals surface area contributed by atoms with Crippen molar-refractivity contribution in [2.75, 3.05) is 24.5 Å². The lowest BCUT2D eigenvalue weighted by atomic mass is 10.1. The zero-order valence-electron chi connectivity index (χ0n) is 13.2. The van der Waals surface area contributed by atoms with Crippen molar-refractivity contribution >= 4 is 11.6 Å². The van der Waals surface area contributed by atoms with E-state index in [-0.39, 0.29) is 5.91 Å². The van der Waals surface area contributed by atoms with Crippen LogP contribution in [0.5, 0.6) is 0 Å². The van der Waals surface area contributed by atoms with E-state index >= 15 is 0 Å². The van der Waals surface area contributed by atoms with E-state index in [4.69, 9.17) is 0 Å². The first kappa shape index (κ1) is 14.6. The van der Waals surface area contributed by atoms with Crippen molar-refractivity contribution < 1.29 is 4.79 Å². The van der Waals surface area contributed by atoms with Crippen molar-refractivity contribution in [3.8, 4) is 0 Å². The first-order valence-electron chi connectivity index (χ1n) is 7.83. The molecule has 0 radical (unpaired) electrons. The van der Waals surface area contributed by atoms with Gasteiger partial charge in [-0.1, -0.05) is 36.4 Å². The molecule has 1 unspecified atom stereocenters. The molecule has 0 bridgehead atoms. The summed E-state index contributed by atoms with van der Waals surface area (Å²) in [5.41, 5.74) is 3.10. The molecule has 2 aromatic carbocycles. The average molecular weight is 294 g/mol. The van der Waals surface area contributed by atoms with Gasteiger partial charge in [0, 0.05) is 36.9 Å². The van der Waals surface area contributed by atoms with Crippen LogP contribution in [0.2, 0.25) is 0 Å². The maximum atomic E-state index is 12.7. The lowest BCUT2D eigenvalue weighted by Crippen LogP contribution is -2.53. The van der Waals surface area contributed by atoms with E-state index in [2.05, 4.69) is 36.1 Å². The quantitative estimate of drug-likeness (QED) is 0.848. The van der Waals surface area contributed by atoms with Gasteiger partial charge in [-0.25, -0.2) is 0 Å². The molecule has 1 heterocycles. The summed E-state index contributed by atoms with van der Waals surface area (Å²) in [6.45, 7) is 6.60. The van der Waals surface area contributed by atoms with Crippen molar-refractivity contribution in [3.63, 3.8) is 0 Å². The Morgan fingerprint density at radius 1 is 1.00 bits per heavy atom. The zero-order valence-corrected chi connectivity index (χ0v) is 13.2. The first-order valence-corrected chi connectivity index (χ1v) is 7.83. The fraction of sp³-hybridized carbons (Fsp3) is 0.316. The Balaban J connectivity index is 1.73. The Kier molecular flexibility index (Phi) is 4.14. The van der Waals surface area contributed by atoms with E-state index in [9.17, 15) is 4.79 Å². The molecule has 0 spiro atoms. The Labute approximate surface area is 132 Å². The van der Waals surface area contributed by atoms with Crippen molar-refractivity contribution in [2.24, 2.45) is 0 Å². The van der Waals surface area contributed by atoms with Gasteiger partial charge >= 0.3 is 0 Å². The van der Waals surface area contributed by atoms with Crippen LogP contribution < -0.4 is 4.90 Å². The molecule has 0 saturated carbocycles. The number of carbonyl (C=O) groups is 1. The Bertz CT molecular complexity index is 653. The van der Waals surface area contributed by atoms with Gasteiger partial charge in [-0.3, -0.25) is 4.79 Å². The third kappa shape index (κ3) is 2.84. The van der Waals surface area contributed by atoms with E-state index in [1.807, 2.05) is 42.2 Å². The van der Waals surface area contributed by atoms with Gasteiger partial charge in [0.25, 0.3) is 5.91 Å². The number of benzene rings is 2. The van der Waals surface area contributed by atoms with E-state index in [1.54, 1.807) is 0 Å². The number of anilines is 1. The molecular formula is C19H22N2O. The minimum atomic E-state index is 0.151. The second kappa shape index (κ2) is 6.22. The molecule has 2 aromatic rings. The molecule has 0 aliphatic carbocycles. The Hall–Kier alpha value is -2.29. The number of hydrogen-bond acceptors (Lipinski definition) is 2. The fourth-order valence-corrected chi connectivity index (χ4v) is 3.13. The number of para-hydroxylation sites is 1. The molecule has 1 aliphatic rings. The predicted octanol–water partition coefficient (Wildman–Crippen LogP) is 3.35. The van der Waals surface area contributed by atoms with Gasteiger partial charge in [0.05, 0.1) is 0 Å². The SMILES string of the molecule is Cc1ccccc1C(=O)N1CCN(c2ccccc2)C(C)C1. The highest BCUT2D eigenvalue weighted by Gasteiger charge is 2.27. The van der Waals surface area contributed by atoms with Gasteiger partial charge in [-0.05, 0) is 37.6 Å². The normalized spacial score (nSPS) is 18.4. The number of carbonyl (C=O) groups excluding carboxylic acids is 1. The maximum absolute atomic E-state index is 12.7. The molecule has 0 N–H and O–H groups in total. The fourth-order valence-electron chi connectivity index (χ4n) is 3.13. The highest BCUT2D eigenvalue weighted by molar-refractivity contribution is 5.95. The second-order valence-electron chi connectivity index (χ2n) is 5.94. The van der Waals surface area contributed by atoms with Gasteiger partial charge in [-0.2, -0.15) is 0 Å². The molecule has 1 saturated heterocycles. The number of nitrogens with zero attached hydrogens (tertiary/aromatic N) is 2. The van der Waals surface area contributed by atoms with Gasteiger partial charge in [-0.15, -0.1) is 0 Å². The minimum Gasteiger partial charge on any atom is -0.365 e. The van der Waals surface area contributed by atoms with Gasteiger partial charge < -0.3 is 9.80 Å². The molecule has 1 fully saturated rings. The van der Waals surface area contributed by atoms with Crippen molar-refractivity contribution in [1.82, 2.24) is 4.90 Å². The molecule has 114 valence electrons. The third-order valence-corrected chi connectivity index (χ3v) is 4.38. The van der Waals surface area contributed by atoms with Gasteiger partial charge in [0.1, 0.15) is 0 Å². The van der Waals surface area contributed by atoms with Crippen LogP contribution in [0.15, 0.2) is 54.6 Å². The third-order valence-electron chi connectivity index (χ3n) is 4.38. The standard InChI is InChI=1S/C19H22N2O/c1-15-8-6-7-11-18(15)19(22)20-12-13-21(16(2)14-20)17-9-4-3-5-10-17/h3-11,16H,12-14H2,1-2H3. The highest BCUT2D eigenvalue weighted by atomic mass is 16.2. The van der Waals surface area contributed by atoms with E-state index in [0.717, 1.165) is 30.8 Å². The summed E-state index contributed by atoms with van der Waals surface area (Å²) < 4.78 is 0. The van der Waals surface area contributed by atoms with Crippen LogP contribution >= 0.6 is 0 Å². The summed E-state index contributed by atoms with van der Waals surface area (Å²) >= 11 is 0. The molecule has 3 heteroatoms. The average Bonchev–Trinajstić information content (AvgIpc) is 2.55. The van der Waals surface area contributed by atoms with E-state index in [0.29, 0.717) is 6.04 Å². The molecule has 1 atom stereocenters. The minimum absolute atomic E-state index is 0.151. The highest BCUT2D eigenvalue weighted by Crippen LogP contribution is 2.21. The number of amides is 1. The van der Waals surface area contributed by atoms with Crippen LogP contribution in [0.4, 0.5) is 5.69 Å². The van der Waals surface area contributed by atoms with Crippen LogP contribution in [0.3, 0.4) is 0 Å². The summed E-state index contributed by atoms with van der Waals surface area (Å²) in [7, 11) is 0. The van der Waals surface area contributed by atoms with Crippen molar-refractivity contribution in [3.05, 3.63) is 65.7 Å². The van der Waals surface area contributed by atoms with Crippen molar-refractivity contribution in [2.45, 2.75) is 19.9 Å². The van der Waals surface area contributed by atoms with Crippen molar-refractivity contribution in [1.29, 1.82) is 0 Å². The molecule has 22 heavy (non-hydrogen) atoms. The maximum Gasteiger partial charge on any atom is 0.254 e. The Morgan fingerprint density at radius 3 is 2.36 bits per heavy atom. The van der Waals surface area contributed by atoms with Gasteiger partial charge in [0.2, 0.25) is 0 Å². The van der Waals surface area contributed by atoms with E-state index < -0.39 is 0 Å². The second-order valence-corrected chi connectivity index (χ2v) is 5.94. The lowest BCUT2D eigenvalue weighted by Gasteiger charge is -2.41. The monoisotopic (exact) mass is 294 g/mol. The molecule has 1 amide bonds.